The molecule has 0 fully saturated rings. The Balaban J connectivity index is 1.59. The molecule has 0 unspecified atom stereocenters. The van der Waals surface area contributed by atoms with Crippen LogP contribution < -0.4 is 0 Å². The van der Waals surface area contributed by atoms with Crippen molar-refractivity contribution in [1.82, 2.24) is 9.88 Å². The lowest BCUT2D eigenvalue weighted by molar-refractivity contribution is 0.0743. The topological polar surface area (TPSA) is 36.1 Å². The van der Waals surface area contributed by atoms with Crippen molar-refractivity contribution in [2.24, 2.45) is 0 Å². The molecule has 0 atom stereocenters. The summed E-state index contributed by atoms with van der Waals surface area (Å²) in [7, 11) is 0. The number of rotatable bonds is 6. The SMILES string of the molecule is O=C(c1ccc(Cl)cc1)N(CCc1c[nH]c2ccccc12)Cc1ccccc1F. The second-order valence-electron chi connectivity index (χ2n) is 6.93. The summed E-state index contributed by atoms with van der Waals surface area (Å²) >= 11 is 5.95. The van der Waals surface area contributed by atoms with Crippen LogP contribution in [0.4, 0.5) is 4.39 Å². The van der Waals surface area contributed by atoms with Crippen LogP contribution in [-0.2, 0) is 13.0 Å². The lowest BCUT2D eigenvalue weighted by Crippen LogP contribution is -2.32. The molecular formula is C24H20ClFN2O. The molecule has 5 heteroatoms. The van der Waals surface area contributed by atoms with Crippen molar-refractivity contribution in [3.05, 3.63) is 107 Å². The fourth-order valence-corrected chi connectivity index (χ4v) is 3.58. The highest BCUT2D eigenvalue weighted by Gasteiger charge is 2.18. The fourth-order valence-electron chi connectivity index (χ4n) is 3.45. The Morgan fingerprint density at radius 3 is 2.45 bits per heavy atom. The van der Waals surface area contributed by atoms with E-state index in [-0.39, 0.29) is 18.3 Å². The average molecular weight is 407 g/mol. The van der Waals surface area contributed by atoms with Gasteiger partial charge in [0.05, 0.1) is 0 Å². The van der Waals surface area contributed by atoms with Gasteiger partial charge in [-0.25, -0.2) is 4.39 Å². The smallest absolute Gasteiger partial charge is 0.254 e. The number of aromatic nitrogens is 1. The second kappa shape index (κ2) is 8.50. The number of H-pyrrole nitrogens is 1. The summed E-state index contributed by atoms with van der Waals surface area (Å²) in [6, 6.07) is 21.4. The fraction of sp³-hybridized carbons (Fsp3) is 0.125. The molecule has 0 aliphatic heterocycles. The van der Waals surface area contributed by atoms with Gasteiger partial charge in [-0.15, -0.1) is 0 Å². The Hall–Kier alpha value is -3.11. The van der Waals surface area contributed by atoms with Gasteiger partial charge < -0.3 is 9.88 Å². The van der Waals surface area contributed by atoms with Gasteiger partial charge >= 0.3 is 0 Å². The van der Waals surface area contributed by atoms with Crippen molar-refractivity contribution < 1.29 is 9.18 Å². The number of nitrogens with zero attached hydrogens (tertiary/aromatic N) is 1. The molecule has 0 aliphatic carbocycles. The molecule has 0 aliphatic rings. The van der Waals surface area contributed by atoms with Crippen molar-refractivity contribution in [3.63, 3.8) is 0 Å². The minimum atomic E-state index is -0.312. The zero-order chi connectivity index (χ0) is 20.2. The number of benzene rings is 3. The highest BCUT2D eigenvalue weighted by Crippen LogP contribution is 2.20. The summed E-state index contributed by atoms with van der Waals surface area (Å²) < 4.78 is 14.2. The van der Waals surface area contributed by atoms with Crippen molar-refractivity contribution in [1.29, 1.82) is 0 Å². The van der Waals surface area contributed by atoms with Crippen LogP contribution in [0.3, 0.4) is 0 Å². The molecule has 0 radical (unpaired) electrons. The number of aromatic amines is 1. The van der Waals surface area contributed by atoms with Gasteiger partial charge in [-0.05, 0) is 48.4 Å². The van der Waals surface area contributed by atoms with Gasteiger partial charge in [0.1, 0.15) is 5.82 Å². The lowest BCUT2D eigenvalue weighted by Gasteiger charge is -2.23. The van der Waals surface area contributed by atoms with E-state index < -0.39 is 0 Å². The Bertz CT molecular complexity index is 1140. The maximum absolute atomic E-state index is 14.2. The molecule has 4 rings (SSSR count). The van der Waals surface area contributed by atoms with Gasteiger partial charge in [0.15, 0.2) is 0 Å². The molecule has 0 spiro atoms. The van der Waals surface area contributed by atoms with E-state index in [1.165, 1.54) is 6.07 Å². The van der Waals surface area contributed by atoms with E-state index in [1.54, 1.807) is 47.4 Å². The zero-order valence-corrected chi connectivity index (χ0v) is 16.5. The zero-order valence-electron chi connectivity index (χ0n) is 15.7. The van der Waals surface area contributed by atoms with Crippen LogP contribution in [0.25, 0.3) is 10.9 Å². The maximum atomic E-state index is 14.2. The van der Waals surface area contributed by atoms with E-state index in [4.69, 9.17) is 11.6 Å². The summed E-state index contributed by atoms with van der Waals surface area (Å²) in [5.41, 5.74) is 3.22. The van der Waals surface area contributed by atoms with Crippen LogP contribution in [0.5, 0.6) is 0 Å². The van der Waals surface area contributed by atoms with E-state index in [9.17, 15) is 9.18 Å². The molecule has 3 aromatic carbocycles. The van der Waals surface area contributed by atoms with Gasteiger partial charge in [-0.2, -0.15) is 0 Å². The number of hydrogen-bond acceptors (Lipinski definition) is 1. The minimum absolute atomic E-state index is 0.148. The summed E-state index contributed by atoms with van der Waals surface area (Å²) in [6.45, 7) is 0.675. The molecule has 146 valence electrons. The first-order chi connectivity index (χ1) is 14.1. The maximum Gasteiger partial charge on any atom is 0.254 e. The third-order valence-corrected chi connectivity index (χ3v) is 5.28. The monoisotopic (exact) mass is 406 g/mol. The first-order valence-electron chi connectivity index (χ1n) is 9.45. The minimum Gasteiger partial charge on any atom is -0.361 e. The van der Waals surface area contributed by atoms with Crippen molar-refractivity contribution in [2.75, 3.05) is 6.54 Å². The van der Waals surface area contributed by atoms with Crippen LogP contribution in [-0.4, -0.2) is 22.3 Å². The van der Waals surface area contributed by atoms with E-state index in [0.717, 1.165) is 16.5 Å². The molecule has 1 N–H and O–H groups in total. The molecule has 0 saturated heterocycles. The van der Waals surface area contributed by atoms with Crippen molar-refractivity contribution in [3.8, 4) is 0 Å². The lowest BCUT2D eigenvalue weighted by atomic mass is 10.1. The molecule has 29 heavy (non-hydrogen) atoms. The third-order valence-electron chi connectivity index (χ3n) is 5.02. The van der Waals surface area contributed by atoms with E-state index in [1.807, 2.05) is 24.4 Å². The van der Waals surface area contributed by atoms with Crippen LogP contribution in [0.2, 0.25) is 5.02 Å². The highest BCUT2D eigenvalue weighted by atomic mass is 35.5. The predicted octanol–water partition coefficient (Wildman–Crippen LogP) is 5.85. The summed E-state index contributed by atoms with van der Waals surface area (Å²) in [5.74, 6) is -0.460. The first kappa shape index (κ1) is 19.2. The van der Waals surface area contributed by atoms with Crippen LogP contribution in [0, 0.1) is 5.82 Å². The van der Waals surface area contributed by atoms with Gasteiger partial charge in [-0.3, -0.25) is 4.79 Å². The predicted molar refractivity (Wildman–Crippen MR) is 115 cm³/mol. The number of carbonyl (C=O) groups is 1. The van der Waals surface area contributed by atoms with Crippen LogP contribution in [0.15, 0.2) is 79.0 Å². The number of carbonyl (C=O) groups excluding carboxylic acids is 1. The van der Waals surface area contributed by atoms with Gasteiger partial charge in [0.25, 0.3) is 5.91 Å². The molecular weight excluding hydrogens is 387 g/mol. The second-order valence-corrected chi connectivity index (χ2v) is 7.37. The number of nitrogens with one attached hydrogen (secondary N) is 1. The van der Waals surface area contributed by atoms with E-state index >= 15 is 0 Å². The van der Waals surface area contributed by atoms with Crippen LogP contribution in [0.1, 0.15) is 21.5 Å². The molecule has 0 saturated carbocycles. The van der Waals surface area contributed by atoms with Gasteiger partial charge in [-0.1, -0.05) is 48.0 Å². The summed E-state index contributed by atoms with van der Waals surface area (Å²) in [5, 5.41) is 1.71. The molecule has 4 aromatic rings. The Morgan fingerprint density at radius 1 is 0.931 bits per heavy atom. The molecule has 1 aromatic heterocycles. The summed E-state index contributed by atoms with van der Waals surface area (Å²) in [6.07, 6.45) is 2.64. The van der Waals surface area contributed by atoms with E-state index in [2.05, 4.69) is 11.1 Å². The number of para-hydroxylation sites is 1. The molecule has 1 amide bonds. The number of fused-ring (bicyclic) bond motifs is 1. The Morgan fingerprint density at radius 2 is 1.66 bits per heavy atom. The quantitative estimate of drug-likeness (QED) is 0.428. The highest BCUT2D eigenvalue weighted by molar-refractivity contribution is 6.30. The van der Waals surface area contributed by atoms with E-state index in [0.29, 0.717) is 29.1 Å². The number of halogens is 2. The largest absolute Gasteiger partial charge is 0.361 e. The molecule has 1 heterocycles. The third kappa shape index (κ3) is 4.33. The number of amides is 1. The Labute approximate surface area is 173 Å². The summed E-state index contributed by atoms with van der Waals surface area (Å²) in [4.78, 5) is 18.1. The molecule has 0 bridgehead atoms. The average Bonchev–Trinajstić information content (AvgIpc) is 3.16. The molecule has 3 nitrogen and oxygen atoms in total. The normalized spacial score (nSPS) is 11.0. The standard InChI is InChI=1S/C24H20ClFN2O/c25-20-11-9-17(10-12-20)24(29)28(16-19-5-1-3-7-22(19)26)14-13-18-15-27-23-8-4-2-6-21(18)23/h1-12,15,27H,13-14,16H2. The van der Waals surface area contributed by atoms with Crippen molar-refractivity contribution in [2.45, 2.75) is 13.0 Å². The first-order valence-corrected chi connectivity index (χ1v) is 9.83. The van der Waals surface area contributed by atoms with Gasteiger partial charge in [0, 0.05) is 46.3 Å². The van der Waals surface area contributed by atoms with Crippen molar-refractivity contribution >= 4 is 28.4 Å². The number of hydrogen-bond donors (Lipinski definition) is 1. The van der Waals surface area contributed by atoms with Gasteiger partial charge in [0.2, 0.25) is 0 Å². The Kier molecular flexibility index (Phi) is 5.63. The van der Waals surface area contributed by atoms with Crippen LogP contribution >= 0.6 is 11.6 Å².